The van der Waals surface area contributed by atoms with Crippen LogP contribution >= 0.6 is 0 Å². The number of ether oxygens (including phenoxy) is 1. The number of nitrogens with one attached hydrogen (secondary N) is 2. The third kappa shape index (κ3) is 4.55. The zero-order valence-corrected chi connectivity index (χ0v) is 15.3. The monoisotopic (exact) mass is 387 g/mol. The third-order valence-electron chi connectivity index (χ3n) is 4.65. The number of aliphatic hydroxyl groups excluding tert-OH is 1. The first-order valence-corrected chi connectivity index (χ1v) is 8.83. The van der Waals surface area contributed by atoms with E-state index in [0.29, 0.717) is 5.76 Å². The number of nitrogens with zero attached hydrogens (tertiary/aromatic N) is 1. The molecule has 1 aliphatic carbocycles. The second kappa shape index (κ2) is 8.66. The van der Waals surface area contributed by atoms with Crippen LogP contribution in [0, 0.1) is 5.92 Å². The number of carbonyl (C=O) groups is 3. The molecule has 0 spiro atoms. The first-order chi connectivity index (χ1) is 13.5. The number of rotatable bonds is 6. The number of esters is 1. The molecule has 0 bridgehead atoms. The Morgan fingerprint density at radius 1 is 1.25 bits per heavy atom. The summed E-state index contributed by atoms with van der Waals surface area (Å²) in [4.78, 5) is 35.6. The predicted octanol–water partition coefficient (Wildman–Crippen LogP) is 0.500. The summed E-state index contributed by atoms with van der Waals surface area (Å²) < 4.78 is 9.67. The van der Waals surface area contributed by atoms with Crippen molar-refractivity contribution < 1.29 is 28.8 Å². The van der Waals surface area contributed by atoms with E-state index in [1.807, 2.05) is 30.3 Å². The smallest absolute Gasteiger partial charge is 0.325 e. The molecule has 1 aromatic carbocycles. The molecule has 1 saturated carbocycles. The fourth-order valence-electron chi connectivity index (χ4n) is 3.12. The summed E-state index contributed by atoms with van der Waals surface area (Å²) in [7, 11) is 1.23. The summed E-state index contributed by atoms with van der Waals surface area (Å²) in [6, 6.07) is 10.1. The molecule has 0 saturated heterocycles. The molecule has 0 radical (unpaired) electrons. The van der Waals surface area contributed by atoms with Gasteiger partial charge in [0.15, 0.2) is 11.5 Å². The average Bonchev–Trinajstić information content (AvgIpc) is 3.34. The molecule has 1 fully saturated rings. The van der Waals surface area contributed by atoms with Crippen LogP contribution in [0.3, 0.4) is 0 Å². The number of hydrogen-bond acceptors (Lipinski definition) is 7. The van der Waals surface area contributed by atoms with E-state index in [1.54, 1.807) is 0 Å². The van der Waals surface area contributed by atoms with Crippen molar-refractivity contribution in [1.82, 2.24) is 15.8 Å². The van der Waals surface area contributed by atoms with E-state index in [0.717, 1.165) is 5.56 Å². The molecule has 0 unspecified atom stereocenters. The van der Waals surface area contributed by atoms with Gasteiger partial charge in [0, 0.05) is 17.5 Å². The lowest BCUT2D eigenvalue weighted by Crippen LogP contribution is -2.40. The van der Waals surface area contributed by atoms with E-state index in [1.165, 1.54) is 13.2 Å². The van der Waals surface area contributed by atoms with Crippen LogP contribution in [0.1, 0.15) is 23.3 Å². The Kier molecular flexibility index (Phi) is 6.05. The van der Waals surface area contributed by atoms with Gasteiger partial charge < -0.3 is 25.0 Å². The molecule has 148 valence electrons. The molecule has 1 aliphatic rings. The number of aliphatic hydroxyl groups is 1. The summed E-state index contributed by atoms with van der Waals surface area (Å²) in [6.07, 6.45) is -0.437. The maximum absolute atomic E-state index is 12.4. The zero-order chi connectivity index (χ0) is 20.1. The zero-order valence-electron chi connectivity index (χ0n) is 15.3. The van der Waals surface area contributed by atoms with Crippen molar-refractivity contribution in [2.45, 2.75) is 25.0 Å². The normalized spacial score (nSPS) is 21.1. The Morgan fingerprint density at radius 3 is 2.71 bits per heavy atom. The fourth-order valence-corrected chi connectivity index (χ4v) is 3.12. The highest BCUT2D eigenvalue weighted by Crippen LogP contribution is 2.27. The van der Waals surface area contributed by atoms with Crippen molar-refractivity contribution in [2.75, 3.05) is 13.7 Å². The quantitative estimate of drug-likeness (QED) is 0.615. The molecule has 3 N–H and O–H groups in total. The van der Waals surface area contributed by atoms with Gasteiger partial charge in [-0.05, 0) is 12.8 Å². The predicted molar refractivity (Wildman–Crippen MR) is 96.9 cm³/mol. The van der Waals surface area contributed by atoms with Crippen molar-refractivity contribution in [3.63, 3.8) is 0 Å². The van der Waals surface area contributed by atoms with Crippen molar-refractivity contribution in [1.29, 1.82) is 0 Å². The Balaban J connectivity index is 1.56. The summed E-state index contributed by atoms with van der Waals surface area (Å²) in [5.41, 5.74) is 0.877. The lowest BCUT2D eigenvalue weighted by molar-refractivity contribution is -0.141. The first-order valence-electron chi connectivity index (χ1n) is 8.83. The summed E-state index contributed by atoms with van der Waals surface area (Å²) in [5, 5.41) is 19.1. The summed E-state index contributed by atoms with van der Waals surface area (Å²) >= 11 is 0. The van der Waals surface area contributed by atoms with Gasteiger partial charge in [0.1, 0.15) is 6.54 Å². The topological polar surface area (TPSA) is 131 Å². The van der Waals surface area contributed by atoms with Crippen LogP contribution in [0.5, 0.6) is 0 Å². The molecule has 3 rings (SSSR count). The maximum atomic E-state index is 12.4. The molecule has 3 atom stereocenters. The number of amides is 2. The van der Waals surface area contributed by atoms with E-state index in [-0.39, 0.29) is 31.0 Å². The van der Waals surface area contributed by atoms with E-state index in [4.69, 9.17) is 4.52 Å². The van der Waals surface area contributed by atoms with Crippen LogP contribution in [-0.2, 0) is 14.3 Å². The molecular formula is C19H21N3O6. The largest absolute Gasteiger partial charge is 0.468 e. The van der Waals surface area contributed by atoms with Crippen LogP contribution in [-0.4, -0.2) is 53.8 Å². The standard InChI is InChI=1S/C19H21N3O6/c1-27-17(24)10-20-18(25)12-7-13(15(23)8-12)21-19(26)14-9-16(28-22-14)11-5-3-2-4-6-11/h2-6,9,12-13,15,23H,7-8,10H2,1H3,(H,20,25)(H,21,26)/t12-,13+,15+/m0/s1. The van der Waals surface area contributed by atoms with Gasteiger partial charge in [0.25, 0.3) is 5.91 Å². The Hall–Kier alpha value is -3.20. The summed E-state index contributed by atoms with van der Waals surface area (Å²) in [6.45, 7) is -0.236. The van der Waals surface area contributed by atoms with Gasteiger partial charge >= 0.3 is 5.97 Å². The number of carbonyl (C=O) groups excluding carboxylic acids is 3. The highest BCUT2D eigenvalue weighted by atomic mass is 16.5. The van der Waals surface area contributed by atoms with Gasteiger partial charge in [-0.3, -0.25) is 14.4 Å². The van der Waals surface area contributed by atoms with Gasteiger partial charge in [0.2, 0.25) is 5.91 Å². The molecule has 9 heteroatoms. The molecule has 28 heavy (non-hydrogen) atoms. The third-order valence-corrected chi connectivity index (χ3v) is 4.65. The summed E-state index contributed by atoms with van der Waals surface area (Å²) in [5.74, 6) is -1.48. The van der Waals surface area contributed by atoms with Gasteiger partial charge in [-0.2, -0.15) is 0 Å². The first kappa shape index (κ1) is 19.6. The number of hydrogen-bond donors (Lipinski definition) is 3. The number of methoxy groups -OCH3 is 1. The number of aromatic nitrogens is 1. The number of benzene rings is 1. The van der Waals surface area contributed by atoms with E-state index in [9.17, 15) is 19.5 Å². The molecular weight excluding hydrogens is 366 g/mol. The Bertz CT molecular complexity index is 850. The van der Waals surface area contributed by atoms with Crippen LogP contribution in [0.2, 0.25) is 0 Å². The van der Waals surface area contributed by atoms with Gasteiger partial charge in [-0.25, -0.2) is 0 Å². The van der Waals surface area contributed by atoms with Gasteiger partial charge in [-0.1, -0.05) is 35.5 Å². The van der Waals surface area contributed by atoms with Gasteiger partial charge in [-0.15, -0.1) is 0 Å². The SMILES string of the molecule is COC(=O)CNC(=O)[C@@H]1C[C@@H](O)[C@H](NC(=O)c2cc(-c3ccccc3)on2)C1. The van der Waals surface area contributed by atoms with Crippen LogP contribution in [0.15, 0.2) is 40.9 Å². The Morgan fingerprint density at radius 2 is 2.00 bits per heavy atom. The molecule has 0 aliphatic heterocycles. The van der Waals surface area contributed by atoms with E-state index >= 15 is 0 Å². The van der Waals surface area contributed by atoms with E-state index < -0.39 is 29.9 Å². The van der Waals surface area contributed by atoms with Gasteiger partial charge in [0.05, 0.1) is 19.3 Å². The van der Waals surface area contributed by atoms with Crippen molar-refractivity contribution in [3.05, 3.63) is 42.1 Å². The maximum Gasteiger partial charge on any atom is 0.325 e. The molecule has 9 nitrogen and oxygen atoms in total. The van der Waals surface area contributed by atoms with Crippen molar-refractivity contribution in [2.24, 2.45) is 5.92 Å². The van der Waals surface area contributed by atoms with Crippen molar-refractivity contribution in [3.8, 4) is 11.3 Å². The lowest BCUT2D eigenvalue weighted by atomic mass is 10.1. The minimum absolute atomic E-state index is 0.0876. The molecule has 2 aromatic rings. The van der Waals surface area contributed by atoms with E-state index in [2.05, 4.69) is 20.5 Å². The second-order valence-corrected chi connectivity index (χ2v) is 6.55. The van der Waals surface area contributed by atoms with Crippen LogP contribution < -0.4 is 10.6 Å². The molecule has 1 aromatic heterocycles. The lowest BCUT2D eigenvalue weighted by Gasteiger charge is -2.15. The average molecular weight is 387 g/mol. The molecule has 1 heterocycles. The second-order valence-electron chi connectivity index (χ2n) is 6.55. The van der Waals surface area contributed by atoms with Crippen LogP contribution in [0.25, 0.3) is 11.3 Å². The fraction of sp³-hybridized carbons (Fsp3) is 0.368. The highest BCUT2D eigenvalue weighted by Gasteiger charge is 2.38. The Labute approximate surface area is 161 Å². The van der Waals surface area contributed by atoms with Crippen LogP contribution in [0.4, 0.5) is 0 Å². The van der Waals surface area contributed by atoms with Crippen molar-refractivity contribution >= 4 is 17.8 Å². The minimum atomic E-state index is -0.877. The molecule has 2 amide bonds. The highest BCUT2D eigenvalue weighted by molar-refractivity contribution is 5.93. The minimum Gasteiger partial charge on any atom is -0.468 e.